The number of pyridine rings is 1. The summed E-state index contributed by atoms with van der Waals surface area (Å²) in [5.74, 6) is -1.16. The van der Waals surface area contributed by atoms with E-state index in [9.17, 15) is 26.4 Å². The number of methoxy groups -OCH3 is 1. The largest absolute Gasteiger partial charge is 0.534 e. The summed E-state index contributed by atoms with van der Waals surface area (Å²) in [4.78, 5) is 15.6. The van der Waals surface area contributed by atoms with Gasteiger partial charge in [0.15, 0.2) is 5.75 Å². The molecule has 2 rings (SSSR count). The molecule has 0 aliphatic carbocycles. The van der Waals surface area contributed by atoms with Gasteiger partial charge in [0.25, 0.3) is 0 Å². The van der Waals surface area contributed by atoms with Gasteiger partial charge in [0, 0.05) is 11.5 Å². The zero-order valence-electron chi connectivity index (χ0n) is 13.7. The van der Waals surface area contributed by atoms with Crippen LogP contribution in [0.15, 0.2) is 24.3 Å². The van der Waals surface area contributed by atoms with E-state index < -0.39 is 27.3 Å². The van der Waals surface area contributed by atoms with Crippen molar-refractivity contribution in [3.63, 3.8) is 0 Å². The Kier molecular flexibility index (Phi) is 5.59. The van der Waals surface area contributed by atoms with Gasteiger partial charge in [-0.25, -0.2) is 4.98 Å². The monoisotopic (exact) mass is 393 g/mol. The van der Waals surface area contributed by atoms with Gasteiger partial charge in [-0.1, -0.05) is 6.07 Å². The van der Waals surface area contributed by atoms with Gasteiger partial charge >= 0.3 is 21.6 Å². The average molecular weight is 393 g/mol. The number of aromatic nitrogens is 1. The van der Waals surface area contributed by atoms with Crippen LogP contribution in [0.25, 0.3) is 10.9 Å². The number of esters is 1. The molecule has 0 amide bonds. The van der Waals surface area contributed by atoms with Gasteiger partial charge in [-0.05, 0) is 24.6 Å². The molecule has 7 nitrogen and oxygen atoms in total. The lowest BCUT2D eigenvalue weighted by Gasteiger charge is -2.13. The normalized spacial score (nSPS) is 12.0. The number of halogens is 3. The molecule has 0 radical (unpaired) electrons. The molecule has 142 valence electrons. The molecule has 0 unspecified atom stereocenters. The summed E-state index contributed by atoms with van der Waals surface area (Å²) in [5, 5.41) is 0.230. The molecule has 1 heterocycles. The Morgan fingerprint density at radius 1 is 1.19 bits per heavy atom. The Labute approximate surface area is 146 Å². The molecule has 11 heteroatoms. The highest BCUT2D eigenvalue weighted by atomic mass is 32.2. The van der Waals surface area contributed by atoms with Crippen LogP contribution < -0.4 is 8.92 Å². The summed E-state index contributed by atoms with van der Waals surface area (Å²) in [7, 11) is -4.60. The minimum Gasteiger partial charge on any atom is -0.481 e. The molecule has 1 aromatic heterocycles. The Bertz CT molecular complexity index is 927. The number of nitrogens with zero attached hydrogens (tertiary/aromatic N) is 1. The first kappa shape index (κ1) is 19.8. The molecule has 0 aliphatic heterocycles. The van der Waals surface area contributed by atoms with Crippen LogP contribution >= 0.6 is 0 Å². The smallest absolute Gasteiger partial charge is 0.481 e. The molecule has 0 spiro atoms. The molecular formula is C15H14F3NO6S. The van der Waals surface area contributed by atoms with Gasteiger partial charge < -0.3 is 13.7 Å². The fourth-order valence-electron chi connectivity index (χ4n) is 2.10. The van der Waals surface area contributed by atoms with E-state index in [1.54, 1.807) is 6.92 Å². The van der Waals surface area contributed by atoms with Crippen molar-refractivity contribution in [1.29, 1.82) is 0 Å². The van der Waals surface area contributed by atoms with Gasteiger partial charge in [0.05, 0.1) is 20.1 Å². The summed E-state index contributed by atoms with van der Waals surface area (Å²) in [6.07, 6.45) is -0.176. The predicted octanol–water partition coefficient (Wildman–Crippen LogP) is 2.58. The van der Waals surface area contributed by atoms with Crippen molar-refractivity contribution in [2.45, 2.75) is 18.9 Å². The SMILES string of the molecule is CCOC(=O)Cc1ccc(OS(=O)(=O)C(F)(F)F)c2nc(OC)ccc12. The van der Waals surface area contributed by atoms with E-state index in [1.807, 2.05) is 0 Å². The molecule has 0 N–H and O–H groups in total. The van der Waals surface area contributed by atoms with Gasteiger partial charge in [0.1, 0.15) is 5.52 Å². The van der Waals surface area contributed by atoms with Crippen molar-refractivity contribution in [3.05, 3.63) is 29.8 Å². The second-order valence-corrected chi connectivity index (χ2v) is 6.48. The Hall–Kier alpha value is -2.56. The van der Waals surface area contributed by atoms with Crippen molar-refractivity contribution in [2.75, 3.05) is 13.7 Å². The molecule has 1 aromatic carbocycles. The van der Waals surface area contributed by atoms with Gasteiger partial charge in [-0.2, -0.15) is 21.6 Å². The Morgan fingerprint density at radius 3 is 2.46 bits per heavy atom. The van der Waals surface area contributed by atoms with E-state index in [4.69, 9.17) is 9.47 Å². The number of hydrogen-bond donors (Lipinski definition) is 0. The molecule has 0 bridgehead atoms. The maximum atomic E-state index is 12.6. The van der Waals surface area contributed by atoms with Gasteiger partial charge in [-0.3, -0.25) is 4.79 Å². The predicted molar refractivity (Wildman–Crippen MR) is 84.2 cm³/mol. The summed E-state index contributed by atoms with van der Waals surface area (Å²) in [6, 6.07) is 5.11. The number of benzene rings is 1. The minimum atomic E-state index is -5.88. The van der Waals surface area contributed by atoms with E-state index in [0.717, 1.165) is 6.07 Å². The van der Waals surface area contributed by atoms with Crippen LogP contribution in [0.2, 0.25) is 0 Å². The second-order valence-electron chi connectivity index (χ2n) is 4.94. The van der Waals surface area contributed by atoms with Crippen molar-refractivity contribution in [3.8, 4) is 11.6 Å². The molecule has 0 aliphatic rings. The number of alkyl halides is 3. The third kappa shape index (κ3) is 4.15. The lowest BCUT2D eigenvalue weighted by atomic mass is 10.0. The fraction of sp³-hybridized carbons (Fsp3) is 0.333. The number of fused-ring (bicyclic) bond motifs is 1. The van der Waals surface area contributed by atoms with E-state index in [-0.39, 0.29) is 29.8 Å². The number of carbonyl (C=O) groups is 1. The van der Waals surface area contributed by atoms with Gasteiger partial charge in [-0.15, -0.1) is 0 Å². The molecule has 2 aromatic rings. The lowest BCUT2D eigenvalue weighted by molar-refractivity contribution is -0.142. The third-order valence-electron chi connectivity index (χ3n) is 3.22. The molecular weight excluding hydrogens is 379 g/mol. The number of carbonyl (C=O) groups excluding carboxylic acids is 1. The van der Waals surface area contributed by atoms with Crippen molar-refractivity contribution >= 4 is 27.0 Å². The number of ether oxygens (including phenoxy) is 2. The summed E-state index contributed by atoms with van der Waals surface area (Å²) >= 11 is 0. The van der Waals surface area contributed by atoms with E-state index in [0.29, 0.717) is 5.56 Å². The first-order valence-electron chi connectivity index (χ1n) is 7.22. The highest BCUT2D eigenvalue weighted by Crippen LogP contribution is 2.33. The minimum absolute atomic E-state index is 0.0278. The summed E-state index contributed by atoms with van der Waals surface area (Å²) in [5.41, 5.74) is -5.41. The van der Waals surface area contributed by atoms with Crippen LogP contribution in [0.3, 0.4) is 0 Å². The quantitative estimate of drug-likeness (QED) is 0.423. The van der Waals surface area contributed by atoms with Crippen molar-refractivity contribution in [1.82, 2.24) is 4.98 Å². The van der Waals surface area contributed by atoms with E-state index in [2.05, 4.69) is 9.17 Å². The standard InChI is InChI=1S/C15H14F3NO6S/c1-3-24-13(20)8-9-4-6-11(25-26(21,22)15(16,17)18)14-10(9)5-7-12(19-14)23-2/h4-7H,3,8H2,1-2H3. The molecule has 26 heavy (non-hydrogen) atoms. The first-order valence-corrected chi connectivity index (χ1v) is 8.63. The van der Waals surface area contributed by atoms with E-state index in [1.165, 1.54) is 25.3 Å². The second kappa shape index (κ2) is 7.36. The van der Waals surface area contributed by atoms with Crippen LogP contribution in [0.1, 0.15) is 12.5 Å². The molecule has 0 saturated heterocycles. The topological polar surface area (TPSA) is 91.8 Å². The average Bonchev–Trinajstić information content (AvgIpc) is 2.55. The van der Waals surface area contributed by atoms with Crippen LogP contribution in [0.4, 0.5) is 13.2 Å². The maximum Gasteiger partial charge on any atom is 0.534 e. The lowest BCUT2D eigenvalue weighted by Crippen LogP contribution is -2.28. The van der Waals surface area contributed by atoms with Crippen LogP contribution in [-0.2, 0) is 26.1 Å². The van der Waals surface area contributed by atoms with Crippen LogP contribution in [0, 0.1) is 0 Å². The van der Waals surface area contributed by atoms with Crippen molar-refractivity contribution in [2.24, 2.45) is 0 Å². The highest BCUT2D eigenvalue weighted by Gasteiger charge is 2.48. The Morgan fingerprint density at radius 2 is 1.88 bits per heavy atom. The summed E-state index contributed by atoms with van der Waals surface area (Å²) < 4.78 is 74.3. The summed E-state index contributed by atoms with van der Waals surface area (Å²) in [6.45, 7) is 1.79. The molecule has 0 fully saturated rings. The zero-order valence-corrected chi connectivity index (χ0v) is 14.5. The number of rotatable bonds is 6. The molecule has 0 atom stereocenters. The Balaban J connectivity index is 2.57. The highest BCUT2D eigenvalue weighted by molar-refractivity contribution is 7.88. The zero-order chi connectivity index (χ0) is 19.5. The maximum absolute atomic E-state index is 12.6. The van der Waals surface area contributed by atoms with Crippen molar-refractivity contribution < 1.29 is 40.0 Å². The third-order valence-corrected chi connectivity index (χ3v) is 4.18. The van der Waals surface area contributed by atoms with E-state index >= 15 is 0 Å². The van der Waals surface area contributed by atoms with Gasteiger partial charge in [0.2, 0.25) is 5.88 Å². The number of hydrogen-bond acceptors (Lipinski definition) is 7. The van der Waals surface area contributed by atoms with Crippen LogP contribution in [-0.4, -0.2) is 38.6 Å². The molecule has 0 saturated carbocycles. The fourth-order valence-corrected chi connectivity index (χ4v) is 2.57. The first-order chi connectivity index (χ1) is 12.1. The van der Waals surface area contributed by atoms with Crippen LogP contribution in [0.5, 0.6) is 11.6 Å².